The number of fused-ring (bicyclic) bond motifs is 1. The average Bonchev–Trinajstić information content (AvgIpc) is 3.83. The maximum atomic E-state index is 14.9. The van der Waals surface area contributed by atoms with E-state index in [1.807, 2.05) is 43.3 Å². The molecule has 0 aliphatic carbocycles. The van der Waals surface area contributed by atoms with Crippen molar-refractivity contribution in [1.82, 2.24) is 24.6 Å². The quantitative estimate of drug-likeness (QED) is 0.0256. The minimum Gasteiger partial charge on any atom is -0.464 e. The third kappa shape index (κ3) is 14.1. The lowest BCUT2D eigenvalue weighted by Crippen LogP contribution is -2.41. The summed E-state index contributed by atoms with van der Waals surface area (Å²) in [4.78, 5) is 25.9. The molecule has 0 saturated carbocycles. The number of benzene rings is 2. The van der Waals surface area contributed by atoms with Gasteiger partial charge in [0.15, 0.2) is 17.0 Å². The maximum Gasteiger partial charge on any atom is 0.459 e. The Kier molecular flexibility index (Phi) is 17.9. The number of para-hydroxylation sites is 1. The van der Waals surface area contributed by atoms with E-state index in [2.05, 4.69) is 33.9 Å². The second-order valence-corrected chi connectivity index (χ2v) is 17.6. The first-order valence-corrected chi connectivity index (χ1v) is 23.0. The Morgan fingerprint density at radius 1 is 0.948 bits per heavy atom. The summed E-state index contributed by atoms with van der Waals surface area (Å²) in [6, 6.07) is 17.2. The number of hydrogen-bond donors (Lipinski definition) is 2. The molecule has 4 aromatic rings. The Bertz CT molecular complexity index is 1850. The first-order chi connectivity index (χ1) is 28.1. The molecule has 12 nitrogen and oxygen atoms in total. The molecule has 1 aliphatic rings. The first kappa shape index (κ1) is 45.2. The van der Waals surface area contributed by atoms with Gasteiger partial charge in [-0.3, -0.25) is 13.9 Å². The van der Waals surface area contributed by atoms with Crippen LogP contribution in [-0.2, 0) is 29.8 Å². The lowest BCUT2D eigenvalue weighted by atomic mass is 9.94. The fourth-order valence-electron chi connectivity index (χ4n) is 7.49. The van der Waals surface area contributed by atoms with E-state index in [1.54, 1.807) is 28.8 Å². The number of carbonyl (C=O) groups excluding carboxylic acids is 1. The van der Waals surface area contributed by atoms with Crippen LogP contribution in [0.1, 0.15) is 135 Å². The highest BCUT2D eigenvalue weighted by Gasteiger charge is 2.42. The van der Waals surface area contributed by atoms with E-state index in [1.165, 1.54) is 70.5 Å². The molecule has 0 radical (unpaired) electrons. The molecule has 5 rings (SSSR count). The summed E-state index contributed by atoms with van der Waals surface area (Å²) in [7, 11) is -4.26. The Labute approximate surface area is 343 Å². The Balaban J connectivity index is 1.29. The van der Waals surface area contributed by atoms with Crippen molar-refractivity contribution in [2.45, 2.75) is 148 Å². The number of nitrogen functional groups attached to an aromatic ring is 1. The molecular weight excluding hydrogens is 758 g/mol. The summed E-state index contributed by atoms with van der Waals surface area (Å²) < 4.78 is 55.5. The number of nitrogens with zero attached hydrogens (tertiary/aromatic N) is 4. The number of rotatable bonds is 27. The molecule has 14 heteroatoms. The summed E-state index contributed by atoms with van der Waals surface area (Å²) in [6.07, 6.45) is 17.7. The minimum atomic E-state index is -4.26. The number of carbonyl (C=O) groups is 1. The van der Waals surface area contributed by atoms with Gasteiger partial charge < -0.3 is 19.7 Å². The smallest absolute Gasteiger partial charge is 0.459 e. The van der Waals surface area contributed by atoms with E-state index in [0.29, 0.717) is 25.2 Å². The van der Waals surface area contributed by atoms with E-state index < -0.39 is 37.7 Å². The summed E-state index contributed by atoms with van der Waals surface area (Å²) in [5, 5.41) is 3.00. The SMILES string of the molecule is CCCCCCCCC(CCCCCCCC)COC(=O)[C@H](Cc1ccccc1)NP(=O)(OC[C@]1(C)CC[C@H](n2cnc3c(N)nc(F)nc32)O1)Oc1ccccc1. The van der Waals surface area contributed by atoms with Crippen LogP contribution in [-0.4, -0.2) is 50.3 Å². The molecule has 2 aromatic heterocycles. The van der Waals surface area contributed by atoms with Gasteiger partial charge in [-0.05, 0) is 62.6 Å². The number of nitrogens with two attached hydrogens (primary N) is 1. The van der Waals surface area contributed by atoms with E-state index in [-0.39, 0.29) is 35.9 Å². The monoisotopic (exact) mass is 822 g/mol. The zero-order chi connectivity index (χ0) is 41.2. The van der Waals surface area contributed by atoms with Crippen molar-refractivity contribution in [2.75, 3.05) is 18.9 Å². The molecule has 3 heterocycles. The van der Waals surface area contributed by atoms with E-state index in [0.717, 1.165) is 31.2 Å². The van der Waals surface area contributed by atoms with Gasteiger partial charge in [-0.15, -0.1) is 0 Å². The lowest BCUT2D eigenvalue weighted by molar-refractivity contribution is -0.147. The van der Waals surface area contributed by atoms with Gasteiger partial charge in [0.05, 0.1) is 25.1 Å². The van der Waals surface area contributed by atoms with Crippen molar-refractivity contribution in [1.29, 1.82) is 0 Å². The van der Waals surface area contributed by atoms with Crippen molar-refractivity contribution in [2.24, 2.45) is 5.92 Å². The predicted molar refractivity (Wildman–Crippen MR) is 226 cm³/mol. The Morgan fingerprint density at radius 3 is 2.22 bits per heavy atom. The molecule has 3 N–H and O–H groups in total. The van der Waals surface area contributed by atoms with Gasteiger partial charge in [0, 0.05) is 0 Å². The number of esters is 1. The molecular formula is C44H64FN6O6P. The molecule has 4 atom stereocenters. The van der Waals surface area contributed by atoms with Gasteiger partial charge in [-0.25, -0.2) is 9.55 Å². The number of anilines is 1. The highest BCUT2D eigenvalue weighted by molar-refractivity contribution is 7.52. The second kappa shape index (κ2) is 23.0. The number of aromatic nitrogens is 4. The Hall–Kier alpha value is -3.90. The van der Waals surface area contributed by atoms with Crippen molar-refractivity contribution < 1.29 is 32.3 Å². The van der Waals surface area contributed by atoms with Crippen LogP contribution in [0.4, 0.5) is 10.2 Å². The van der Waals surface area contributed by atoms with Crippen LogP contribution < -0.4 is 15.3 Å². The molecule has 0 amide bonds. The fraction of sp³-hybridized carbons (Fsp3) is 0.591. The molecule has 1 aliphatic heterocycles. The molecule has 58 heavy (non-hydrogen) atoms. The van der Waals surface area contributed by atoms with Gasteiger partial charge in [0.2, 0.25) is 0 Å². The summed E-state index contributed by atoms with van der Waals surface area (Å²) in [5.74, 6) is -0.0152. The number of hydrogen-bond acceptors (Lipinski definition) is 10. The largest absolute Gasteiger partial charge is 0.464 e. The average molecular weight is 823 g/mol. The highest BCUT2D eigenvalue weighted by Crippen LogP contribution is 2.48. The predicted octanol–water partition coefficient (Wildman–Crippen LogP) is 10.7. The van der Waals surface area contributed by atoms with E-state index in [9.17, 15) is 13.8 Å². The molecule has 0 bridgehead atoms. The van der Waals surface area contributed by atoms with Gasteiger partial charge in [0.1, 0.15) is 18.0 Å². The van der Waals surface area contributed by atoms with Crippen LogP contribution in [0.3, 0.4) is 0 Å². The van der Waals surface area contributed by atoms with Crippen LogP contribution in [0.25, 0.3) is 11.2 Å². The zero-order valence-electron chi connectivity index (χ0n) is 34.7. The summed E-state index contributed by atoms with van der Waals surface area (Å²) in [6.45, 7) is 6.45. The van der Waals surface area contributed by atoms with Crippen molar-refractivity contribution in [3.63, 3.8) is 0 Å². The number of unbranched alkanes of at least 4 members (excludes halogenated alkanes) is 10. The third-order valence-electron chi connectivity index (χ3n) is 10.9. The van der Waals surface area contributed by atoms with Gasteiger partial charge in [-0.1, -0.05) is 139 Å². The Morgan fingerprint density at radius 2 is 1.57 bits per heavy atom. The molecule has 2 aromatic carbocycles. The van der Waals surface area contributed by atoms with Crippen LogP contribution in [0, 0.1) is 12.0 Å². The number of nitrogens with one attached hydrogen (secondary N) is 1. The fourth-order valence-corrected chi connectivity index (χ4v) is 9.09. The first-order valence-electron chi connectivity index (χ1n) is 21.4. The van der Waals surface area contributed by atoms with Crippen molar-refractivity contribution in [3.05, 3.63) is 78.6 Å². The minimum absolute atomic E-state index is 0.0647. The molecule has 1 unspecified atom stereocenters. The lowest BCUT2D eigenvalue weighted by Gasteiger charge is -2.29. The topological polar surface area (TPSA) is 153 Å². The van der Waals surface area contributed by atoms with Crippen LogP contribution in [0.15, 0.2) is 67.0 Å². The normalized spacial score (nSPS) is 18.4. The molecule has 1 saturated heterocycles. The number of ether oxygens (including phenoxy) is 2. The number of halogens is 1. The van der Waals surface area contributed by atoms with Crippen LogP contribution in [0.5, 0.6) is 5.75 Å². The van der Waals surface area contributed by atoms with Gasteiger partial charge >= 0.3 is 19.8 Å². The summed E-state index contributed by atoms with van der Waals surface area (Å²) in [5.41, 5.74) is 6.29. The van der Waals surface area contributed by atoms with Gasteiger partial charge in [-0.2, -0.15) is 19.4 Å². The standard InChI is InChI=1S/C44H64FN6O6P/c1-4-6-8-10-12-16-24-35(25-17-13-11-9-7-5-2)31-54-42(52)37(30-34-22-18-14-19-23-34)50-58(53,57-36-26-20-15-21-27-36)55-32-44(3)29-28-38(56-44)51-33-47-39-40(46)48-43(45)49-41(39)51/h14-15,18-23,26-27,33,35,37-38H,4-13,16-17,24-25,28-32H2,1-3H3,(H,50,53)(H2,46,48,49)/t37-,38+,44-,58?/m0/s1. The zero-order valence-corrected chi connectivity index (χ0v) is 35.6. The van der Waals surface area contributed by atoms with Crippen molar-refractivity contribution >= 4 is 30.7 Å². The molecule has 318 valence electrons. The maximum absolute atomic E-state index is 14.9. The van der Waals surface area contributed by atoms with Crippen molar-refractivity contribution in [3.8, 4) is 5.75 Å². The summed E-state index contributed by atoms with van der Waals surface area (Å²) >= 11 is 0. The van der Waals surface area contributed by atoms with E-state index >= 15 is 0 Å². The third-order valence-corrected chi connectivity index (χ3v) is 12.4. The van der Waals surface area contributed by atoms with E-state index in [4.69, 9.17) is 24.3 Å². The van der Waals surface area contributed by atoms with Crippen LogP contribution in [0.2, 0.25) is 0 Å². The second-order valence-electron chi connectivity index (χ2n) is 15.9. The number of imidazole rings is 1. The van der Waals surface area contributed by atoms with Gasteiger partial charge in [0.25, 0.3) is 0 Å². The van der Waals surface area contributed by atoms with Crippen LogP contribution >= 0.6 is 7.75 Å². The molecule has 0 spiro atoms. The molecule has 1 fully saturated rings. The highest BCUT2D eigenvalue weighted by atomic mass is 31.2.